The lowest BCUT2D eigenvalue weighted by atomic mass is 10.2. The molecule has 10 heteroatoms. The maximum absolute atomic E-state index is 12.5. The van der Waals surface area contributed by atoms with Gasteiger partial charge in [0, 0.05) is 18.8 Å². The van der Waals surface area contributed by atoms with Gasteiger partial charge in [0.25, 0.3) is 5.91 Å². The number of unbranched alkanes of at least 4 members (excludes halogenated alkanes) is 1. The number of hydrogen-bond acceptors (Lipinski definition) is 7. The average Bonchev–Trinajstić information content (AvgIpc) is 2.83. The molecule has 0 aromatic heterocycles. The number of sulfonamides is 1. The van der Waals surface area contributed by atoms with E-state index in [-0.39, 0.29) is 10.5 Å². The van der Waals surface area contributed by atoms with Crippen molar-refractivity contribution in [3.8, 4) is 11.5 Å². The zero-order valence-corrected chi connectivity index (χ0v) is 20.8. The van der Waals surface area contributed by atoms with Gasteiger partial charge in [0.05, 0.1) is 24.2 Å². The monoisotopic (exact) mass is 492 g/mol. The van der Waals surface area contributed by atoms with Gasteiger partial charge < -0.3 is 19.5 Å². The molecule has 1 N–H and O–H groups in total. The van der Waals surface area contributed by atoms with Gasteiger partial charge in [-0.25, -0.2) is 13.2 Å². The van der Waals surface area contributed by atoms with Crippen molar-refractivity contribution in [2.75, 3.05) is 38.7 Å². The van der Waals surface area contributed by atoms with Gasteiger partial charge in [-0.05, 0) is 48.9 Å². The maximum atomic E-state index is 12.5. The molecule has 0 atom stereocenters. The second-order valence-corrected chi connectivity index (χ2v) is 9.24. The van der Waals surface area contributed by atoms with Crippen molar-refractivity contribution >= 4 is 27.6 Å². The van der Waals surface area contributed by atoms with E-state index in [9.17, 15) is 18.0 Å². The molecule has 0 saturated carbocycles. The van der Waals surface area contributed by atoms with Crippen molar-refractivity contribution in [2.24, 2.45) is 0 Å². The summed E-state index contributed by atoms with van der Waals surface area (Å²) in [4.78, 5) is 24.7. The first kappa shape index (κ1) is 27.1. The molecule has 2 aromatic rings. The molecule has 2 rings (SSSR count). The fraction of sp³-hybridized carbons (Fsp3) is 0.417. The summed E-state index contributed by atoms with van der Waals surface area (Å²) in [6.45, 7) is 6.36. The summed E-state index contributed by atoms with van der Waals surface area (Å²) in [5, 5.41) is 2.58. The molecule has 0 aliphatic heterocycles. The van der Waals surface area contributed by atoms with Gasteiger partial charge in [-0.1, -0.05) is 27.2 Å². The van der Waals surface area contributed by atoms with Crippen LogP contribution in [0.2, 0.25) is 0 Å². The molecule has 0 aliphatic rings. The Morgan fingerprint density at radius 2 is 1.65 bits per heavy atom. The van der Waals surface area contributed by atoms with Crippen molar-refractivity contribution in [1.82, 2.24) is 4.31 Å². The zero-order valence-electron chi connectivity index (χ0n) is 20.0. The topological polar surface area (TPSA) is 111 Å². The van der Waals surface area contributed by atoms with E-state index in [1.807, 2.05) is 0 Å². The zero-order chi connectivity index (χ0) is 25.1. The fourth-order valence-corrected chi connectivity index (χ4v) is 4.53. The van der Waals surface area contributed by atoms with Crippen molar-refractivity contribution in [3.63, 3.8) is 0 Å². The van der Waals surface area contributed by atoms with Crippen LogP contribution in [0.5, 0.6) is 11.5 Å². The molecule has 0 heterocycles. The smallest absolute Gasteiger partial charge is 0.338 e. The summed E-state index contributed by atoms with van der Waals surface area (Å²) in [6.07, 6.45) is 1.89. The van der Waals surface area contributed by atoms with Crippen LogP contribution in [0.4, 0.5) is 5.69 Å². The SMILES string of the molecule is CCCCOc1ccc(C(=O)OCC(=O)Nc2ccc(S(=O)(=O)N(CC)CC)cc2)cc1OC. The van der Waals surface area contributed by atoms with Crippen molar-refractivity contribution in [3.05, 3.63) is 48.0 Å². The van der Waals surface area contributed by atoms with Crippen LogP contribution in [0.1, 0.15) is 44.0 Å². The Kier molecular flexibility index (Phi) is 10.3. The molecule has 34 heavy (non-hydrogen) atoms. The standard InChI is InChI=1S/C24H32N2O7S/c1-5-8-15-32-21-14-9-18(16-22(21)31-4)24(28)33-17-23(27)25-19-10-12-20(13-11-19)34(29,30)26(6-2)7-3/h9-14,16H,5-8,15,17H2,1-4H3,(H,25,27). The number of rotatable bonds is 13. The summed E-state index contributed by atoms with van der Waals surface area (Å²) in [5.74, 6) is -0.320. The van der Waals surface area contributed by atoms with E-state index in [1.54, 1.807) is 26.0 Å². The third-order valence-corrected chi connectivity index (χ3v) is 7.03. The molecule has 0 bridgehead atoms. The quantitative estimate of drug-likeness (QED) is 0.335. The van der Waals surface area contributed by atoms with Crippen molar-refractivity contribution < 1.29 is 32.2 Å². The second kappa shape index (κ2) is 13.0. The third kappa shape index (κ3) is 7.19. The van der Waals surface area contributed by atoms with Gasteiger partial charge in [-0.15, -0.1) is 0 Å². The summed E-state index contributed by atoms with van der Waals surface area (Å²) < 4.78 is 42.4. The van der Waals surface area contributed by atoms with Gasteiger partial charge in [-0.2, -0.15) is 4.31 Å². The van der Waals surface area contributed by atoms with Gasteiger partial charge in [0.1, 0.15) is 0 Å². The minimum Gasteiger partial charge on any atom is -0.493 e. The average molecular weight is 493 g/mol. The number of methoxy groups -OCH3 is 1. The van der Waals surface area contributed by atoms with Crippen molar-refractivity contribution in [1.29, 1.82) is 0 Å². The van der Waals surface area contributed by atoms with Gasteiger partial charge in [0.15, 0.2) is 18.1 Å². The number of nitrogens with zero attached hydrogens (tertiary/aromatic N) is 1. The van der Waals surface area contributed by atoms with Crippen LogP contribution >= 0.6 is 0 Å². The van der Waals surface area contributed by atoms with E-state index in [0.29, 0.717) is 36.9 Å². The largest absolute Gasteiger partial charge is 0.493 e. The number of benzene rings is 2. The lowest BCUT2D eigenvalue weighted by Crippen LogP contribution is -2.30. The van der Waals surface area contributed by atoms with Gasteiger partial charge >= 0.3 is 5.97 Å². The van der Waals surface area contributed by atoms with Crippen LogP contribution in [0.25, 0.3) is 0 Å². The van der Waals surface area contributed by atoms with Crippen LogP contribution in [0.15, 0.2) is 47.4 Å². The van der Waals surface area contributed by atoms with E-state index in [2.05, 4.69) is 12.2 Å². The number of amides is 1. The molecule has 0 saturated heterocycles. The molecule has 0 radical (unpaired) electrons. The Morgan fingerprint density at radius 3 is 2.24 bits per heavy atom. The molecule has 1 amide bonds. The predicted molar refractivity (Wildman–Crippen MR) is 129 cm³/mol. The van der Waals surface area contributed by atoms with E-state index in [1.165, 1.54) is 41.7 Å². The summed E-state index contributed by atoms with van der Waals surface area (Å²) in [6, 6.07) is 10.5. The fourth-order valence-electron chi connectivity index (χ4n) is 3.07. The minimum atomic E-state index is -3.58. The summed E-state index contributed by atoms with van der Waals surface area (Å²) >= 11 is 0. The van der Waals surface area contributed by atoms with Crippen LogP contribution in [-0.4, -0.2) is 58.0 Å². The van der Waals surface area contributed by atoms with E-state index >= 15 is 0 Å². The Hall–Kier alpha value is -3.11. The van der Waals surface area contributed by atoms with Crippen LogP contribution in [0, 0.1) is 0 Å². The number of carbonyl (C=O) groups is 2. The van der Waals surface area contributed by atoms with Crippen LogP contribution in [0.3, 0.4) is 0 Å². The molecule has 9 nitrogen and oxygen atoms in total. The predicted octanol–water partition coefficient (Wildman–Crippen LogP) is 3.70. The van der Waals surface area contributed by atoms with Gasteiger partial charge in [0.2, 0.25) is 10.0 Å². The van der Waals surface area contributed by atoms with Crippen molar-refractivity contribution in [2.45, 2.75) is 38.5 Å². The maximum Gasteiger partial charge on any atom is 0.338 e. The van der Waals surface area contributed by atoms with Crippen LogP contribution in [-0.2, 0) is 19.6 Å². The van der Waals surface area contributed by atoms with E-state index in [0.717, 1.165) is 12.8 Å². The van der Waals surface area contributed by atoms with Crippen LogP contribution < -0.4 is 14.8 Å². The molecule has 2 aromatic carbocycles. The number of nitrogens with one attached hydrogen (secondary N) is 1. The molecule has 0 fully saturated rings. The first-order valence-corrected chi connectivity index (χ1v) is 12.6. The number of ether oxygens (including phenoxy) is 3. The highest BCUT2D eigenvalue weighted by Gasteiger charge is 2.21. The Bertz CT molecular complexity index is 1070. The number of hydrogen-bond donors (Lipinski definition) is 1. The molecular formula is C24H32N2O7S. The Morgan fingerprint density at radius 1 is 0.971 bits per heavy atom. The molecule has 0 spiro atoms. The highest BCUT2D eigenvalue weighted by atomic mass is 32.2. The van der Waals surface area contributed by atoms with E-state index in [4.69, 9.17) is 14.2 Å². The molecule has 0 unspecified atom stereocenters. The number of anilines is 1. The van der Waals surface area contributed by atoms with Gasteiger partial charge in [-0.3, -0.25) is 4.79 Å². The first-order valence-electron chi connectivity index (χ1n) is 11.1. The summed E-state index contributed by atoms with van der Waals surface area (Å²) in [5.41, 5.74) is 0.605. The highest BCUT2D eigenvalue weighted by molar-refractivity contribution is 7.89. The third-order valence-electron chi connectivity index (χ3n) is 4.97. The minimum absolute atomic E-state index is 0.136. The Balaban J connectivity index is 1.94. The highest BCUT2D eigenvalue weighted by Crippen LogP contribution is 2.28. The molecule has 186 valence electrons. The normalized spacial score (nSPS) is 11.2. The first-order chi connectivity index (χ1) is 16.3. The molecule has 0 aliphatic carbocycles. The lowest BCUT2D eigenvalue weighted by Gasteiger charge is -2.18. The van der Waals surface area contributed by atoms with E-state index < -0.39 is 28.5 Å². The number of carbonyl (C=O) groups excluding carboxylic acids is 2. The number of esters is 1. The molecular weight excluding hydrogens is 460 g/mol. The summed E-state index contributed by atoms with van der Waals surface area (Å²) in [7, 11) is -2.11. The lowest BCUT2D eigenvalue weighted by molar-refractivity contribution is -0.119. The second-order valence-electron chi connectivity index (χ2n) is 7.31. The Labute approximate surface area is 201 Å².